The second-order valence-electron chi connectivity index (χ2n) is 8.63. The Balaban J connectivity index is 1.68. The molecule has 1 N–H and O–H groups in total. The second kappa shape index (κ2) is 4.35. The minimum atomic E-state index is -0.0270. The summed E-state index contributed by atoms with van der Waals surface area (Å²) in [6.45, 7) is 4.94. The van der Waals surface area contributed by atoms with Gasteiger partial charge in [-0.1, -0.05) is 26.0 Å². The Bertz CT molecular complexity index is 427. The van der Waals surface area contributed by atoms with Gasteiger partial charge in [-0.15, -0.1) is 0 Å². The van der Waals surface area contributed by atoms with Gasteiger partial charge in [-0.25, -0.2) is 0 Å². The number of rotatable bonds is 0. The fourth-order valence-corrected chi connectivity index (χ4v) is 6.79. The molecule has 4 rings (SSSR count). The van der Waals surface area contributed by atoms with Crippen LogP contribution in [0.1, 0.15) is 65.2 Å². The quantitative estimate of drug-likeness (QED) is 0.642. The van der Waals surface area contributed by atoms with Crippen molar-refractivity contribution in [3.8, 4) is 0 Å². The average molecular weight is 274 g/mol. The molecule has 4 aliphatic carbocycles. The van der Waals surface area contributed by atoms with E-state index in [1.165, 1.54) is 44.9 Å². The predicted octanol–water partition coefficient (Wildman–Crippen LogP) is 4.56. The van der Waals surface area contributed by atoms with Crippen LogP contribution in [0.4, 0.5) is 0 Å². The van der Waals surface area contributed by atoms with E-state index in [-0.39, 0.29) is 11.5 Å². The highest BCUT2D eigenvalue weighted by molar-refractivity contribution is 5.15. The molecule has 0 radical (unpaired) electrons. The minimum Gasteiger partial charge on any atom is -0.393 e. The van der Waals surface area contributed by atoms with Crippen LogP contribution in [0.3, 0.4) is 0 Å². The van der Waals surface area contributed by atoms with E-state index in [0.29, 0.717) is 5.41 Å². The van der Waals surface area contributed by atoms with Crippen molar-refractivity contribution < 1.29 is 5.11 Å². The van der Waals surface area contributed by atoms with Crippen LogP contribution in [-0.2, 0) is 0 Å². The van der Waals surface area contributed by atoms with Gasteiger partial charge >= 0.3 is 0 Å². The Kier molecular flexibility index (Phi) is 2.91. The van der Waals surface area contributed by atoms with Crippen LogP contribution in [0.25, 0.3) is 0 Å². The molecule has 0 aromatic heterocycles. The Hall–Kier alpha value is -0.300. The number of fused-ring (bicyclic) bond motifs is 5. The lowest BCUT2D eigenvalue weighted by Crippen LogP contribution is -2.52. The lowest BCUT2D eigenvalue weighted by Gasteiger charge is -2.58. The van der Waals surface area contributed by atoms with Gasteiger partial charge in [0.05, 0.1) is 6.10 Å². The van der Waals surface area contributed by atoms with Crippen LogP contribution in [0.2, 0.25) is 0 Å². The summed E-state index contributed by atoms with van der Waals surface area (Å²) in [7, 11) is 0. The fraction of sp³-hybridized carbons (Fsp3) is 0.895. The Morgan fingerprint density at radius 2 is 1.80 bits per heavy atom. The van der Waals surface area contributed by atoms with Crippen LogP contribution >= 0.6 is 0 Å². The van der Waals surface area contributed by atoms with Crippen molar-refractivity contribution in [3.63, 3.8) is 0 Å². The van der Waals surface area contributed by atoms with E-state index in [2.05, 4.69) is 26.0 Å². The van der Waals surface area contributed by atoms with Gasteiger partial charge in [-0.2, -0.15) is 0 Å². The minimum absolute atomic E-state index is 0.0270. The average Bonchev–Trinajstić information content (AvgIpc) is 2.74. The van der Waals surface area contributed by atoms with Crippen LogP contribution in [-0.4, -0.2) is 11.2 Å². The molecular weight excluding hydrogens is 244 g/mol. The summed E-state index contributed by atoms with van der Waals surface area (Å²) in [6.07, 6.45) is 15.6. The Morgan fingerprint density at radius 1 is 0.950 bits per heavy atom. The number of aliphatic hydroxyl groups is 1. The maximum absolute atomic E-state index is 10.5. The molecule has 112 valence electrons. The summed E-state index contributed by atoms with van der Waals surface area (Å²) in [5.41, 5.74) is 0.707. The predicted molar refractivity (Wildman–Crippen MR) is 82.3 cm³/mol. The summed E-state index contributed by atoms with van der Waals surface area (Å²) >= 11 is 0. The number of hydrogen-bond acceptors (Lipinski definition) is 1. The van der Waals surface area contributed by atoms with Gasteiger partial charge in [0, 0.05) is 0 Å². The van der Waals surface area contributed by atoms with E-state index < -0.39 is 0 Å². The highest BCUT2D eigenvalue weighted by Crippen LogP contribution is 2.65. The van der Waals surface area contributed by atoms with Gasteiger partial charge in [-0.05, 0) is 85.9 Å². The van der Waals surface area contributed by atoms with Crippen LogP contribution in [0.5, 0.6) is 0 Å². The highest BCUT2D eigenvalue weighted by Gasteiger charge is 2.58. The van der Waals surface area contributed by atoms with Gasteiger partial charge < -0.3 is 5.11 Å². The van der Waals surface area contributed by atoms with E-state index in [9.17, 15) is 5.11 Å². The first kappa shape index (κ1) is 13.4. The molecule has 0 aliphatic heterocycles. The second-order valence-corrected chi connectivity index (χ2v) is 8.63. The molecule has 2 unspecified atom stereocenters. The number of aliphatic hydroxyl groups excluding tert-OH is 1. The lowest BCUT2D eigenvalue weighted by atomic mass is 9.46. The van der Waals surface area contributed by atoms with Crippen molar-refractivity contribution in [1.29, 1.82) is 0 Å². The van der Waals surface area contributed by atoms with E-state index in [0.717, 1.165) is 30.1 Å². The zero-order valence-electron chi connectivity index (χ0n) is 13.1. The number of allylic oxidation sites excluding steroid dienone is 2. The van der Waals surface area contributed by atoms with Crippen molar-refractivity contribution >= 4 is 0 Å². The molecule has 0 amide bonds. The fourth-order valence-electron chi connectivity index (χ4n) is 6.79. The molecule has 0 aromatic carbocycles. The highest BCUT2D eigenvalue weighted by atomic mass is 16.3. The monoisotopic (exact) mass is 274 g/mol. The Morgan fingerprint density at radius 3 is 2.65 bits per heavy atom. The Labute approximate surface area is 123 Å². The molecule has 1 heteroatoms. The third-order valence-corrected chi connectivity index (χ3v) is 8.07. The smallest absolute Gasteiger partial charge is 0.0596 e. The molecule has 0 saturated heterocycles. The maximum Gasteiger partial charge on any atom is 0.0596 e. The van der Waals surface area contributed by atoms with Crippen molar-refractivity contribution in [2.24, 2.45) is 34.5 Å². The van der Waals surface area contributed by atoms with Crippen molar-refractivity contribution in [2.45, 2.75) is 71.3 Å². The summed E-state index contributed by atoms with van der Waals surface area (Å²) in [6, 6.07) is 0. The van der Waals surface area contributed by atoms with Gasteiger partial charge in [0.15, 0.2) is 0 Å². The molecule has 1 nitrogen and oxygen atoms in total. The van der Waals surface area contributed by atoms with E-state index >= 15 is 0 Å². The first-order valence-corrected chi connectivity index (χ1v) is 8.91. The zero-order chi connectivity index (χ0) is 14.0. The summed E-state index contributed by atoms with van der Waals surface area (Å²) in [5, 5.41) is 10.5. The normalized spacial score (nSPS) is 57.9. The molecule has 3 fully saturated rings. The number of hydrogen-bond donors (Lipinski definition) is 1. The molecule has 4 aliphatic rings. The van der Waals surface area contributed by atoms with Gasteiger partial charge in [0.2, 0.25) is 0 Å². The van der Waals surface area contributed by atoms with E-state index in [4.69, 9.17) is 0 Å². The van der Waals surface area contributed by atoms with Gasteiger partial charge in [-0.3, -0.25) is 0 Å². The van der Waals surface area contributed by atoms with Crippen molar-refractivity contribution in [2.75, 3.05) is 0 Å². The van der Waals surface area contributed by atoms with E-state index in [1.807, 2.05) is 0 Å². The SMILES string of the molecule is C[C@]12C=CCCC1CC[C@@H]1[C@H]2CC[C@]2(C)C(O)CC[C@@H]12. The summed E-state index contributed by atoms with van der Waals surface area (Å²) < 4.78 is 0. The standard InChI is InChI=1S/C19H30O/c1-18-11-4-3-5-13(18)6-7-14-15-8-9-17(20)19(15,2)12-10-16(14)18/h4,11,13-17,20H,3,5-10,12H2,1-2H3/t13?,14-,15-,16+,17?,18-,19-/m0/s1. The molecule has 0 aromatic rings. The van der Waals surface area contributed by atoms with Crippen LogP contribution in [0.15, 0.2) is 12.2 Å². The van der Waals surface area contributed by atoms with Crippen LogP contribution in [0, 0.1) is 34.5 Å². The lowest BCUT2D eigenvalue weighted by molar-refractivity contribution is -0.0944. The third kappa shape index (κ3) is 1.59. The zero-order valence-corrected chi connectivity index (χ0v) is 13.1. The first-order chi connectivity index (χ1) is 9.56. The molecule has 0 spiro atoms. The summed E-state index contributed by atoms with van der Waals surface area (Å²) in [5.74, 6) is 3.50. The maximum atomic E-state index is 10.5. The first-order valence-electron chi connectivity index (χ1n) is 8.91. The largest absolute Gasteiger partial charge is 0.393 e. The topological polar surface area (TPSA) is 20.2 Å². The molecule has 20 heavy (non-hydrogen) atoms. The molecule has 7 atom stereocenters. The van der Waals surface area contributed by atoms with E-state index in [1.54, 1.807) is 0 Å². The molecular formula is C19H30O. The van der Waals surface area contributed by atoms with Crippen LogP contribution < -0.4 is 0 Å². The van der Waals surface area contributed by atoms with Gasteiger partial charge in [0.25, 0.3) is 0 Å². The summed E-state index contributed by atoms with van der Waals surface area (Å²) in [4.78, 5) is 0. The van der Waals surface area contributed by atoms with Crippen molar-refractivity contribution in [3.05, 3.63) is 12.2 Å². The molecule has 3 saturated carbocycles. The third-order valence-electron chi connectivity index (χ3n) is 8.07. The van der Waals surface area contributed by atoms with Gasteiger partial charge in [0.1, 0.15) is 0 Å². The molecule has 0 bridgehead atoms. The van der Waals surface area contributed by atoms with Crippen molar-refractivity contribution in [1.82, 2.24) is 0 Å². The molecule has 0 heterocycles.